The number of fused-ring (bicyclic) bond motifs is 1. The molecule has 4 atom stereocenters. The third-order valence-corrected chi connectivity index (χ3v) is 5.74. The molecule has 1 aromatic carbocycles. The van der Waals surface area contributed by atoms with Gasteiger partial charge < -0.3 is 14.7 Å². The Balaban J connectivity index is 1.71. The molecule has 1 saturated heterocycles. The second-order valence-corrected chi connectivity index (χ2v) is 7.83. The molecule has 1 aromatic rings. The van der Waals surface area contributed by atoms with Crippen LogP contribution in [0.1, 0.15) is 39.2 Å². The zero-order chi connectivity index (χ0) is 16.8. The first-order valence-corrected chi connectivity index (χ1v) is 8.40. The van der Waals surface area contributed by atoms with Crippen molar-refractivity contribution in [2.75, 3.05) is 13.7 Å². The summed E-state index contributed by atoms with van der Waals surface area (Å²) in [4.78, 5) is 14.6. The van der Waals surface area contributed by atoms with Crippen molar-refractivity contribution in [1.82, 2.24) is 4.90 Å². The third-order valence-electron chi connectivity index (χ3n) is 5.74. The van der Waals surface area contributed by atoms with Gasteiger partial charge in [-0.25, -0.2) is 0 Å². The highest BCUT2D eigenvalue weighted by Crippen LogP contribution is 2.54. The van der Waals surface area contributed by atoms with Crippen LogP contribution in [0.3, 0.4) is 0 Å². The van der Waals surface area contributed by atoms with Crippen molar-refractivity contribution in [3.63, 3.8) is 0 Å². The molecule has 4 unspecified atom stereocenters. The highest BCUT2D eigenvalue weighted by molar-refractivity contribution is 5.78. The fourth-order valence-corrected chi connectivity index (χ4v) is 4.56. The Morgan fingerprint density at radius 3 is 2.70 bits per heavy atom. The fraction of sp³-hybridized carbons (Fsp3) is 0.632. The molecule has 1 amide bonds. The number of carbonyl (C=O) groups is 1. The van der Waals surface area contributed by atoms with Gasteiger partial charge in [0.25, 0.3) is 0 Å². The average Bonchev–Trinajstić information content (AvgIpc) is 2.94. The lowest BCUT2D eigenvalue weighted by Gasteiger charge is -2.57. The normalized spacial score (nSPS) is 30.9. The van der Waals surface area contributed by atoms with Crippen LogP contribution in [0.5, 0.6) is 0 Å². The second-order valence-electron chi connectivity index (χ2n) is 7.83. The SMILES string of the molecule is CN(C(=O)CC(C)(O)c1ccccc1)C1C2CCOC2C1(C)C. The lowest BCUT2D eigenvalue weighted by molar-refractivity contribution is -0.170. The molecule has 3 rings (SSSR count). The van der Waals surface area contributed by atoms with Gasteiger partial charge in [-0.2, -0.15) is 0 Å². The van der Waals surface area contributed by atoms with Gasteiger partial charge in [0.15, 0.2) is 0 Å². The van der Waals surface area contributed by atoms with Crippen LogP contribution in [-0.4, -0.2) is 41.7 Å². The van der Waals surface area contributed by atoms with Gasteiger partial charge in [0.1, 0.15) is 0 Å². The average molecular weight is 317 g/mol. The van der Waals surface area contributed by atoms with Crippen LogP contribution in [-0.2, 0) is 15.1 Å². The maximum atomic E-state index is 12.8. The van der Waals surface area contributed by atoms with Gasteiger partial charge >= 0.3 is 0 Å². The number of ether oxygens (including phenoxy) is 1. The molecule has 2 fully saturated rings. The van der Waals surface area contributed by atoms with Gasteiger partial charge in [0.05, 0.1) is 18.1 Å². The predicted molar refractivity (Wildman–Crippen MR) is 88.8 cm³/mol. The summed E-state index contributed by atoms with van der Waals surface area (Å²) < 4.78 is 5.81. The van der Waals surface area contributed by atoms with E-state index in [-0.39, 0.29) is 29.9 Å². The summed E-state index contributed by atoms with van der Waals surface area (Å²) in [7, 11) is 1.87. The first kappa shape index (κ1) is 16.5. The quantitative estimate of drug-likeness (QED) is 0.928. The van der Waals surface area contributed by atoms with Gasteiger partial charge in [-0.15, -0.1) is 0 Å². The number of benzene rings is 1. The van der Waals surface area contributed by atoms with Gasteiger partial charge in [-0.05, 0) is 18.9 Å². The minimum Gasteiger partial charge on any atom is -0.385 e. The molecule has 0 bridgehead atoms. The van der Waals surface area contributed by atoms with Crippen molar-refractivity contribution >= 4 is 5.91 Å². The molecular formula is C19H27NO3. The van der Waals surface area contributed by atoms with Gasteiger partial charge in [0.2, 0.25) is 5.91 Å². The Morgan fingerprint density at radius 1 is 1.39 bits per heavy atom. The zero-order valence-electron chi connectivity index (χ0n) is 14.5. The first-order valence-electron chi connectivity index (χ1n) is 8.40. The van der Waals surface area contributed by atoms with Crippen LogP contribution >= 0.6 is 0 Å². The Morgan fingerprint density at radius 2 is 2.04 bits per heavy atom. The lowest BCUT2D eigenvalue weighted by Crippen LogP contribution is -2.67. The Kier molecular flexibility index (Phi) is 4.01. The summed E-state index contributed by atoms with van der Waals surface area (Å²) in [5.41, 5.74) is -0.396. The second kappa shape index (κ2) is 5.60. The number of rotatable bonds is 4. The number of hydrogen-bond donors (Lipinski definition) is 1. The summed E-state index contributed by atoms with van der Waals surface area (Å²) in [5.74, 6) is 0.419. The maximum absolute atomic E-state index is 12.8. The van der Waals surface area contributed by atoms with Crippen LogP contribution in [0.15, 0.2) is 30.3 Å². The van der Waals surface area contributed by atoms with Crippen molar-refractivity contribution in [2.24, 2.45) is 11.3 Å². The number of aliphatic hydroxyl groups is 1. The summed E-state index contributed by atoms with van der Waals surface area (Å²) in [6.45, 7) is 6.84. The van der Waals surface area contributed by atoms with Crippen molar-refractivity contribution in [3.8, 4) is 0 Å². The summed E-state index contributed by atoms with van der Waals surface area (Å²) in [5, 5.41) is 10.7. The molecule has 2 aliphatic rings. The highest BCUT2D eigenvalue weighted by Gasteiger charge is 2.61. The van der Waals surface area contributed by atoms with Crippen LogP contribution in [0.25, 0.3) is 0 Å². The molecule has 4 nitrogen and oxygen atoms in total. The lowest BCUT2D eigenvalue weighted by atomic mass is 9.56. The Hall–Kier alpha value is -1.39. The molecule has 23 heavy (non-hydrogen) atoms. The molecule has 1 aliphatic heterocycles. The molecule has 1 heterocycles. The van der Waals surface area contributed by atoms with Gasteiger partial charge in [-0.3, -0.25) is 4.79 Å². The highest BCUT2D eigenvalue weighted by atomic mass is 16.5. The molecule has 1 saturated carbocycles. The molecule has 1 aliphatic carbocycles. The van der Waals surface area contributed by atoms with Crippen LogP contribution in [0.2, 0.25) is 0 Å². The van der Waals surface area contributed by atoms with E-state index in [1.165, 1.54) is 0 Å². The minimum absolute atomic E-state index is 0.0118. The third kappa shape index (κ3) is 2.68. The number of amides is 1. The van der Waals surface area contributed by atoms with E-state index >= 15 is 0 Å². The smallest absolute Gasteiger partial charge is 0.225 e. The predicted octanol–water partition coefficient (Wildman–Crippen LogP) is 2.56. The molecular weight excluding hydrogens is 290 g/mol. The fourth-order valence-electron chi connectivity index (χ4n) is 4.56. The summed E-state index contributed by atoms with van der Waals surface area (Å²) in [6.07, 6.45) is 1.38. The molecule has 0 spiro atoms. The van der Waals surface area contributed by atoms with E-state index in [1.807, 2.05) is 42.3 Å². The summed E-state index contributed by atoms with van der Waals surface area (Å²) >= 11 is 0. The standard InChI is InChI=1S/C19H27NO3/c1-18(2)16(14-10-11-23-17(14)18)20(4)15(21)12-19(3,22)13-8-6-5-7-9-13/h5-9,14,16-17,22H,10-12H2,1-4H3. The monoisotopic (exact) mass is 317 g/mol. The van der Waals surface area contributed by atoms with E-state index in [1.54, 1.807) is 6.92 Å². The van der Waals surface area contributed by atoms with Crippen molar-refractivity contribution < 1.29 is 14.6 Å². The van der Waals surface area contributed by atoms with Gasteiger partial charge in [-0.1, -0.05) is 44.2 Å². The van der Waals surface area contributed by atoms with Crippen molar-refractivity contribution in [1.29, 1.82) is 0 Å². The van der Waals surface area contributed by atoms with Gasteiger partial charge in [0, 0.05) is 31.0 Å². The van der Waals surface area contributed by atoms with Crippen LogP contribution in [0.4, 0.5) is 0 Å². The maximum Gasteiger partial charge on any atom is 0.225 e. The van der Waals surface area contributed by atoms with E-state index in [4.69, 9.17) is 4.74 Å². The number of hydrogen-bond acceptors (Lipinski definition) is 3. The minimum atomic E-state index is -1.15. The van der Waals surface area contributed by atoms with E-state index in [0.29, 0.717) is 5.92 Å². The van der Waals surface area contributed by atoms with Crippen molar-refractivity contribution in [2.45, 2.75) is 51.4 Å². The van der Waals surface area contributed by atoms with E-state index in [9.17, 15) is 9.90 Å². The zero-order valence-corrected chi connectivity index (χ0v) is 14.5. The van der Waals surface area contributed by atoms with E-state index < -0.39 is 5.60 Å². The molecule has 126 valence electrons. The molecule has 4 heteroatoms. The first-order chi connectivity index (χ1) is 10.7. The molecule has 0 radical (unpaired) electrons. The van der Waals surface area contributed by atoms with Crippen molar-refractivity contribution in [3.05, 3.63) is 35.9 Å². The molecule has 1 N–H and O–H groups in total. The Labute approximate surface area is 138 Å². The van der Waals surface area contributed by atoms with Crippen LogP contribution in [0, 0.1) is 11.3 Å². The number of carbonyl (C=O) groups excluding carboxylic acids is 1. The molecule has 0 aromatic heterocycles. The van der Waals surface area contributed by atoms with Crippen LogP contribution < -0.4 is 0 Å². The summed E-state index contributed by atoms with van der Waals surface area (Å²) in [6, 6.07) is 9.59. The van der Waals surface area contributed by atoms with E-state index in [0.717, 1.165) is 18.6 Å². The topological polar surface area (TPSA) is 49.8 Å². The largest absolute Gasteiger partial charge is 0.385 e. The number of nitrogens with zero attached hydrogens (tertiary/aromatic N) is 1. The van der Waals surface area contributed by atoms with E-state index in [2.05, 4.69) is 13.8 Å². The Bertz CT molecular complexity index is 582.